The number of nitrogens with one attached hydrogen (secondary N) is 1. The summed E-state index contributed by atoms with van der Waals surface area (Å²) in [5.41, 5.74) is 0. The second kappa shape index (κ2) is 6.39. The summed E-state index contributed by atoms with van der Waals surface area (Å²) in [6.45, 7) is 3.31. The first-order valence-electron chi connectivity index (χ1n) is 5.76. The molecular weight excluding hydrogens is 162 g/mol. The fourth-order valence-electron chi connectivity index (χ4n) is 2.02. The standard InChI is InChI=1S/C11H23NO/c1-2-3-4-5-8-11(13)10-7-6-9-12-10/h10-13H,2-9H2,1H3. The van der Waals surface area contributed by atoms with Crippen molar-refractivity contribution in [2.24, 2.45) is 0 Å². The zero-order valence-corrected chi connectivity index (χ0v) is 8.76. The Kier molecular flexibility index (Phi) is 5.40. The largest absolute Gasteiger partial charge is 0.392 e. The molecule has 0 aromatic carbocycles. The van der Waals surface area contributed by atoms with Gasteiger partial charge in [-0.25, -0.2) is 0 Å². The Morgan fingerprint density at radius 2 is 2.23 bits per heavy atom. The molecule has 2 N–H and O–H groups in total. The lowest BCUT2D eigenvalue weighted by Gasteiger charge is -2.17. The minimum Gasteiger partial charge on any atom is -0.392 e. The van der Waals surface area contributed by atoms with Crippen LogP contribution in [0.25, 0.3) is 0 Å². The van der Waals surface area contributed by atoms with Crippen molar-refractivity contribution < 1.29 is 5.11 Å². The molecule has 1 heterocycles. The molecule has 1 fully saturated rings. The number of unbranched alkanes of at least 4 members (excludes halogenated alkanes) is 3. The van der Waals surface area contributed by atoms with Crippen LogP contribution in [0.15, 0.2) is 0 Å². The predicted molar refractivity (Wildman–Crippen MR) is 55.8 cm³/mol. The third-order valence-electron chi connectivity index (χ3n) is 2.92. The number of aliphatic hydroxyl groups excluding tert-OH is 1. The Hall–Kier alpha value is -0.0800. The van der Waals surface area contributed by atoms with Crippen LogP contribution in [0.4, 0.5) is 0 Å². The number of hydrogen-bond acceptors (Lipinski definition) is 2. The average Bonchev–Trinajstić information content (AvgIpc) is 2.65. The molecule has 13 heavy (non-hydrogen) atoms. The van der Waals surface area contributed by atoms with Crippen LogP contribution in [-0.2, 0) is 0 Å². The van der Waals surface area contributed by atoms with Crippen molar-refractivity contribution in [2.75, 3.05) is 6.54 Å². The highest BCUT2D eigenvalue weighted by atomic mass is 16.3. The lowest BCUT2D eigenvalue weighted by Crippen LogP contribution is -2.34. The Labute approximate surface area is 81.7 Å². The number of rotatable bonds is 6. The first kappa shape index (κ1) is 11.0. The SMILES string of the molecule is CCCCCCC(O)C1CCCN1. The summed E-state index contributed by atoms with van der Waals surface area (Å²) in [6.07, 6.45) is 8.33. The third-order valence-corrected chi connectivity index (χ3v) is 2.92. The van der Waals surface area contributed by atoms with Crippen LogP contribution >= 0.6 is 0 Å². The van der Waals surface area contributed by atoms with Gasteiger partial charge in [0.1, 0.15) is 0 Å². The molecule has 0 saturated carbocycles. The second-order valence-electron chi connectivity index (χ2n) is 4.12. The monoisotopic (exact) mass is 185 g/mol. The Morgan fingerprint density at radius 3 is 2.85 bits per heavy atom. The van der Waals surface area contributed by atoms with Gasteiger partial charge in [-0.1, -0.05) is 32.6 Å². The molecule has 0 radical (unpaired) electrons. The second-order valence-corrected chi connectivity index (χ2v) is 4.12. The Morgan fingerprint density at radius 1 is 1.38 bits per heavy atom. The normalized spacial score (nSPS) is 24.9. The Bertz CT molecular complexity index is 121. The lowest BCUT2D eigenvalue weighted by atomic mass is 10.0. The van der Waals surface area contributed by atoms with Crippen molar-refractivity contribution in [3.05, 3.63) is 0 Å². The molecule has 2 nitrogen and oxygen atoms in total. The molecule has 2 atom stereocenters. The van der Waals surface area contributed by atoms with Crippen molar-refractivity contribution in [3.63, 3.8) is 0 Å². The molecule has 2 heteroatoms. The summed E-state index contributed by atoms with van der Waals surface area (Å²) < 4.78 is 0. The molecular formula is C11H23NO. The van der Waals surface area contributed by atoms with E-state index in [0.29, 0.717) is 6.04 Å². The fourth-order valence-corrected chi connectivity index (χ4v) is 2.02. The van der Waals surface area contributed by atoms with Gasteiger partial charge in [-0.15, -0.1) is 0 Å². The van der Waals surface area contributed by atoms with Crippen LogP contribution in [0.3, 0.4) is 0 Å². The van der Waals surface area contributed by atoms with Gasteiger partial charge in [0.15, 0.2) is 0 Å². The molecule has 1 aliphatic heterocycles. The van der Waals surface area contributed by atoms with E-state index in [1.54, 1.807) is 0 Å². The van der Waals surface area contributed by atoms with Crippen LogP contribution < -0.4 is 5.32 Å². The fraction of sp³-hybridized carbons (Fsp3) is 1.00. The van der Waals surface area contributed by atoms with Gasteiger partial charge in [-0.2, -0.15) is 0 Å². The van der Waals surface area contributed by atoms with E-state index < -0.39 is 0 Å². The molecule has 0 bridgehead atoms. The van der Waals surface area contributed by atoms with Gasteiger partial charge in [0.25, 0.3) is 0 Å². The molecule has 0 aromatic heterocycles. The highest BCUT2D eigenvalue weighted by Gasteiger charge is 2.21. The topological polar surface area (TPSA) is 32.3 Å². The average molecular weight is 185 g/mol. The van der Waals surface area contributed by atoms with Crippen LogP contribution in [0.1, 0.15) is 51.9 Å². The third kappa shape index (κ3) is 4.10. The van der Waals surface area contributed by atoms with Gasteiger partial charge < -0.3 is 10.4 Å². The smallest absolute Gasteiger partial charge is 0.0693 e. The summed E-state index contributed by atoms with van der Waals surface area (Å²) in [5.74, 6) is 0. The molecule has 2 unspecified atom stereocenters. The molecule has 0 spiro atoms. The summed E-state index contributed by atoms with van der Waals surface area (Å²) in [5, 5.41) is 13.1. The highest BCUT2D eigenvalue weighted by molar-refractivity contribution is 4.80. The van der Waals surface area contributed by atoms with Gasteiger partial charge in [0, 0.05) is 6.04 Å². The summed E-state index contributed by atoms with van der Waals surface area (Å²) in [6, 6.07) is 0.390. The van der Waals surface area contributed by atoms with E-state index in [9.17, 15) is 5.11 Å². The van der Waals surface area contributed by atoms with E-state index in [1.165, 1.54) is 32.1 Å². The lowest BCUT2D eigenvalue weighted by molar-refractivity contribution is 0.123. The highest BCUT2D eigenvalue weighted by Crippen LogP contribution is 2.14. The van der Waals surface area contributed by atoms with Crippen molar-refractivity contribution in [3.8, 4) is 0 Å². The number of aliphatic hydroxyl groups is 1. The van der Waals surface area contributed by atoms with E-state index in [2.05, 4.69) is 12.2 Å². The van der Waals surface area contributed by atoms with Gasteiger partial charge in [0.2, 0.25) is 0 Å². The summed E-state index contributed by atoms with van der Waals surface area (Å²) in [7, 11) is 0. The summed E-state index contributed by atoms with van der Waals surface area (Å²) in [4.78, 5) is 0. The number of hydrogen-bond donors (Lipinski definition) is 2. The minimum absolute atomic E-state index is 0.0978. The van der Waals surface area contributed by atoms with E-state index >= 15 is 0 Å². The zero-order chi connectivity index (χ0) is 9.52. The van der Waals surface area contributed by atoms with Crippen molar-refractivity contribution in [2.45, 2.75) is 64.0 Å². The molecule has 0 aromatic rings. The molecule has 0 aliphatic carbocycles. The van der Waals surface area contributed by atoms with Gasteiger partial charge in [-0.05, 0) is 25.8 Å². The first-order valence-corrected chi connectivity index (χ1v) is 5.76. The maximum Gasteiger partial charge on any atom is 0.0693 e. The van der Waals surface area contributed by atoms with Gasteiger partial charge in [-0.3, -0.25) is 0 Å². The van der Waals surface area contributed by atoms with Crippen LogP contribution in [0.2, 0.25) is 0 Å². The molecule has 78 valence electrons. The van der Waals surface area contributed by atoms with E-state index in [0.717, 1.165) is 19.4 Å². The predicted octanol–water partition coefficient (Wildman–Crippen LogP) is 2.07. The van der Waals surface area contributed by atoms with E-state index in [4.69, 9.17) is 0 Å². The molecule has 1 rings (SSSR count). The Balaban J connectivity index is 1.99. The van der Waals surface area contributed by atoms with Crippen LogP contribution in [0, 0.1) is 0 Å². The maximum atomic E-state index is 9.79. The van der Waals surface area contributed by atoms with Gasteiger partial charge in [0.05, 0.1) is 6.10 Å². The maximum absolute atomic E-state index is 9.79. The van der Waals surface area contributed by atoms with Crippen LogP contribution in [0.5, 0.6) is 0 Å². The van der Waals surface area contributed by atoms with Crippen molar-refractivity contribution >= 4 is 0 Å². The van der Waals surface area contributed by atoms with Crippen molar-refractivity contribution in [1.82, 2.24) is 5.32 Å². The molecule has 0 amide bonds. The van der Waals surface area contributed by atoms with Gasteiger partial charge >= 0.3 is 0 Å². The minimum atomic E-state index is -0.0978. The quantitative estimate of drug-likeness (QED) is 0.621. The summed E-state index contributed by atoms with van der Waals surface area (Å²) >= 11 is 0. The van der Waals surface area contributed by atoms with Crippen molar-refractivity contribution in [1.29, 1.82) is 0 Å². The zero-order valence-electron chi connectivity index (χ0n) is 8.76. The molecule has 1 aliphatic rings. The van der Waals surface area contributed by atoms with Crippen LogP contribution in [-0.4, -0.2) is 23.8 Å². The van der Waals surface area contributed by atoms with E-state index in [1.807, 2.05) is 0 Å². The first-order chi connectivity index (χ1) is 6.34. The molecule has 1 saturated heterocycles. The van der Waals surface area contributed by atoms with E-state index in [-0.39, 0.29) is 6.10 Å².